The van der Waals surface area contributed by atoms with E-state index >= 15 is 0 Å². The molecule has 0 saturated heterocycles. The number of nitrogens with zero attached hydrogens (tertiary/aromatic N) is 4. The number of amides is 1. The lowest BCUT2D eigenvalue weighted by Crippen LogP contribution is -2.21. The number of hydrogen-bond donors (Lipinski definition) is 2. The fourth-order valence-electron chi connectivity index (χ4n) is 2.65. The van der Waals surface area contributed by atoms with Crippen LogP contribution in [0.15, 0.2) is 42.5 Å². The average Bonchev–Trinajstić information content (AvgIpc) is 3.39. The zero-order valence-electron chi connectivity index (χ0n) is 14.2. The zero-order valence-corrected chi connectivity index (χ0v) is 14.9. The highest BCUT2D eigenvalue weighted by molar-refractivity contribution is 6.33. The fraction of sp³-hybridized carbons (Fsp3) is 0.222. The third kappa shape index (κ3) is 4.06. The van der Waals surface area contributed by atoms with Gasteiger partial charge in [-0.3, -0.25) is 4.79 Å². The second-order valence-electron chi connectivity index (χ2n) is 6.28. The third-order valence-electron chi connectivity index (χ3n) is 4.19. The van der Waals surface area contributed by atoms with Crippen molar-refractivity contribution in [3.05, 3.63) is 53.3 Å². The molecule has 0 spiro atoms. The number of hydrogen-bond acceptors (Lipinski definition) is 5. The Morgan fingerprint density at radius 3 is 2.70 bits per heavy atom. The van der Waals surface area contributed by atoms with Crippen molar-refractivity contribution in [3.63, 3.8) is 0 Å². The van der Waals surface area contributed by atoms with Crippen LogP contribution in [0.25, 0.3) is 11.4 Å². The maximum absolute atomic E-state index is 13.0. The molecule has 0 radical (unpaired) electrons. The van der Waals surface area contributed by atoms with Crippen LogP contribution in [0.1, 0.15) is 18.9 Å². The molecule has 1 aliphatic carbocycles. The summed E-state index contributed by atoms with van der Waals surface area (Å²) in [7, 11) is 0. The number of rotatable bonds is 6. The summed E-state index contributed by atoms with van der Waals surface area (Å²) < 4.78 is 14.9. The van der Waals surface area contributed by atoms with E-state index in [-0.39, 0.29) is 17.5 Å². The SMILES string of the molecule is O=C(CNc1ccc(-c2nnnn2C2CC2)cc1)Nc1ccc(F)cc1Cl. The summed E-state index contributed by atoms with van der Waals surface area (Å²) in [5, 5.41) is 17.7. The highest BCUT2D eigenvalue weighted by atomic mass is 35.5. The van der Waals surface area contributed by atoms with Gasteiger partial charge in [0.25, 0.3) is 0 Å². The van der Waals surface area contributed by atoms with Crippen molar-refractivity contribution in [2.45, 2.75) is 18.9 Å². The van der Waals surface area contributed by atoms with Crippen LogP contribution in [0, 0.1) is 5.82 Å². The number of aromatic nitrogens is 4. The van der Waals surface area contributed by atoms with Gasteiger partial charge in [-0.25, -0.2) is 9.07 Å². The van der Waals surface area contributed by atoms with Crippen molar-refractivity contribution >= 4 is 28.9 Å². The first kappa shape index (κ1) is 17.4. The lowest BCUT2D eigenvalue weighted by atomic mass is 10.2. The Morgan fingerprint density at radius 2 is 2.00 bits per heavy atom. The van der Waals surface area contributed by atoms with Crippen molar-refractivity contribution in [1.29, 1.82) is 0 Å². The van der Waals surface area contributed by atoms with E-state index in [0.29, 0.717) is 11.7 Å². The van der Waals surface area contributed by atoms with Crippen LogP contribution >= 0.6 is 11.6 Å². The molecular formula is C18H16ClFN6O. The second kappa shape index (κ2) is 7.32. The molecule has 2 N–H and O–H groups in total. The zero-order chi connectivity index (χ0) is 18.8. The summed E-state index contributed by atoms with van der Waals surface area (Å²) in [5.41, 5.74) is 2.07. The minimum Gasteiger partial charge on any atom is -0.376 e. The molecule has 138 valence electrons. The topological polar surface area (TPSA) is 84.7 Å². The van der Waals surface area contributed by atoms with Crippen LogP contribution in [0.3, 0.4) is 0 Å². The Kier molecular flexibility index (Phi) is 4.72. The average molecular weight is 387 g/mol. The highest BCUT2D eigenvalue weighted by Gasteiger charge is 2.28. The maximum Gasteiger partial charge on any atom is 0.243 e. The quantitative estimate of drug-likeness (QED) is 0.677. The first-order chi connectivity index (χ1) is 13.1. The summed E-state index contributed by atoms with van der Waals surface area (Å²) in [6.07, 6.45) is 2.20. The number of anilines is 2. The second-order valence-corrected chi connectivity index (χ2v) is 6.69. The van der Waals surface area contributed by atoms with Gasteiger partial charge in [-0.05, 0) is 65.7 Å². The predicted molar refractivity (Wildman–Crippen MR) is 100 cm³/mol. The van der Waals surface area contributed by atoms with Crippen molar-refractivity contribution in [3.8, 4) is 11.4 Å². The van der Waals surface area contributed by atoms with Gasteiger partial charge < -0.3 is 10.6 Å². The molecule has 0 aliphatic heterocycles. The normalized spacial score (nSPS) is 13.4. The van der Waals surface area contributed by atoms with E-state index in [1.807, 2.05) is 28.9 Å². The summed E-state index contributed by atoms with van der Waals surface area (Å²) in [4.78, 5) is 12.0. The molecule has 27 heavy (non-hydrogen) atoms. The first-order valence-corrected chi connectivity index (χ1v) is 8.85. The molecule has 1 amide bonds. The summed E-state index contributed by atoms with van der Waals surface area (Å²) in [6, 6.07) is 11.7. The molecular weight excluding hydrogens is 371 g/mol. The van der Waals surface area contributed by atoms with Gasteiger partial charge in [0.15, 0.2) is 5.82 Å². The highest BCUT2D eigenvalue weighted by Crippen LogP contribution is 2.36. The minimum atomic E-state index is -0.455. The molecule has 7 nitrogen and oxygen atoms in total. The molecule has 0 bridgehead atoms. The van der Waals surface area contributed by atoms with Crippen molar-refractivity contribution in [2.75, 3.05) is 17.2 Å². The molecule has 0 atom stereocenters. The van der Waals surface area contributed by atoms with Crippen molar-refractivity contribution in [2.24, 2.45) is 0 Å². The van der Waals surface area contributed by atoms with Gasteiger partial charge in [0, 0.05) is 11.3 Å². The number of halogens is 2. The van der Waals surface area contributed by atoms with Gasteiger partial charge in [-0.2, -0.15) is 0 Å². The van der Waals surface area contributed by atoms with Crippen LogP contribution in [-0.4, -0.2) is 32.7 Å². The summed E-state index contributed by atoms with van der Waals surface area (Å²) in [6.45, 7) is 0.0485. The van der Waals surface area contributed by atoms with Crippen LogP contribution < -0.4 is 10.6 Å². The van der Waals surface area contributed by atoms with Gasteiger partial charge in [0.05, 0.1) is 23.3 Å². The van der Waals surface area contributed by atoms with E-state index in [4.69, 9.17) is 11.6 Å². The number of benzene rings is 2. The standard InChI is InChI=1S/C18H16ClFN6O/c19-15-9-12(20)3-8-16(15)22-17(27)10-21-13-4-1-11(2-5-13)18-23-24-25-26(18)14-6-7-14/h1-5,8-9,14,21H,6-7,10H2,(H,22,27). The summed E-state index contributed by atoms with van der Waals surface area (Å²) in [5.74, 6) is 0.00179. The van der Waals surface area contributed by atoms with E-state index in [1.165, 1.54) is 12.1 Å². The molecule has 0 unspecified atom stereocenters. The van der Waals surface area contributed by atoms with E-state index in [0.717, 1.165) is 36.0 Å². The van der Waals surface area contributed by atoms with Crippen LogP contribution in [0.2, 0.25) is 5.02 Å². The van der Waals surface area contributed by atoms with Crippen LogP contribution in [0.4, 0.5) is 15.8 Å². The number of carbonyl (C=O) groups excluding carboxylic acids is 1. The Labute approximate surface area is 159 Å². The number of tetrazole rings is 1. The maximum atomic E-state index is 13.0. The van der Waals surface area contributed by atoms with Crippen LogP contribution in [-0.2, 0) is 4.79 Å². The number of carbonyl (C=O) groups is 1. The van der Waals surface area contributed by atoms with E-state index < -0.39 is 5.82 Å². The smallest absolute Gasteiger partial charge is 0.243 e. The predicted octanol–water partition coefficient (Wildman–Crippen LogP) is 3.52. The van der Waals surface area contributed by atoms with Gasteiger partial charge in [-0.1, -0.05) is 11.6 Å². The van der Waals surface area contributed by atoms with Crippen LogP contribution in [0.5, 0.6) is 0 Å². The lowest BCUT2D eigenvalue weighted by molar-refractivity contribution is -0.114. The van der Waals surface area contributed by atoms with Crippen molar-refractivity contribution in [1.82, 2.24) is 20.2 Å². The molecule has 1 aliphatic rings. The van der Waals surface area contributed by atoms with Gasteiger partial charge >= 0.3 is 0 Å². The number of nitrogens with one attached hydrogen (secondary N) is 2. The molecule has 1 heterocycles. The largest absolute Gasteiger partial charge is 0.376 e. The van der Waals surface area contributed by atoms with E-state index in [1.54, 1.807) is 0 Å². The minimum absolute atomic E-state index is 0.0485. The van der Waals surface area contributed by atoms with Gasteiger partial charge in [-0.15, -0.1) is 5.10 Å². The molecule has 4 rings (SSSR count). The molecule has 3 aromatic rings. The molecule has 1 aromatic heterocycles. The molecule has 2 aromatic carbocycles. The van der Waals surface area contributed by atoms with E-state index in [2.05, 4.69) is 26.2 Å². The third-order valence-corrected chi connectivity index (χ3v) is 4.50. The molecule has 1 saturated carbocycles. The van der Waals surface area contributed by atoms with Gasteiger partial charge in [0.1, 0.15) is 5.82 Å². The molecule has 9 heteroatoms. The summed E-state index contributed by atoms with van der Waals surface area (Å²) >= 11 is 5.90. The molecule has 1 fully saturated rings. The lowest BCUT2D eigenvalue weighted by Gasteiger charge is -2.10. The monoisotopic (exact) mass is 386 g/mol. The van der Waals surface area contributed by atoms with Gasteiger partial charge in [0.2, 0.25) is 5.91 Å². The first-order valence-electron chi connectivity index (χ1n) is 8.47. The van der Waals surface area contributed by atoms with E-state index in [9.17, 15) is 9.18 Å². The van der Waals surface area contributed by atoms with Crippen molar-refractivity contribution < 1.29 is 9.18 Å². The Morgan fingerprint density at radius 1 is 1.22 bits per heavy atom. The Hall–Kier alpha value is -3.00. The Bertz CT molecular complexity index is 970. The fourth-order valence-corrected chi connectivity index (χ4v) is 2.87. The Balaban J connectivity index is 1.36.